The molecule has 0 aromatic heterocycles. The van der Waals surface area contributed by atoms with Crippen LogP contribution in [0.25, 0.3) is 0 Å². The van der Waals surface area contributed by atoms with Crippen LogP contribution in [0.1, 0.15) is 50.8 Å². The number of carbonyl (C=O) groups excluding carboxylic acids is 3. The van der Waals surface area contributed by atoms with E-state index < -0.39 is 57.9 Å². The Labute approximate surface area is 258 Å². The summed E-state index contributed by atoms with van der Waals surface area (Å²) in [5.74, 6) is -2.10. The van der Waals surface area contributed by atoms with Crippen molar-refractivity contribution in [3.63, 3.8) is 0 Å². The van der Waals surface area contributed by atoms with Crippen LogP contribution in [0, 0.1) is 5.92 Å². The summed E-state index contributed by atoms with van der Waals surface area (Å²) in [5.41, 5.74) is 2.13. The lowest BCUT2D eigenvalue weighted by atomic mass is 9.87. The quantitative estimate of drug-likeness (QED) is 0.385. The van der Waals surface area contributed by atoms with Gasteiger partial charge in [-0.3, -0.25) is 19.3 Å². The maximum absolute atomic E-state index is 14.1. The van der Waals surface area contributed by atoms with E-state index in [9.17, 15) is 32.7 Å². The first-order valence-electron chi connectivity index (χ1n) is 14.8. The number of fused-ring (bicyclic) bond motifs is 1. The summed E-state index contributed by atoms with van der Waals surface area (Å²) in [7, 11) is -2.70. The molecular formula is C31H41N5O7S. The van der Waals surface area contributed by atoms with Crippen LogP contribution >= 0.6 is 0 Å². The molecule has 238 valence electrons. The number of amides is 4. The summed E-state index contributed by atoms with van der Waals surface area (Å²) >= 11 is 0. The highest BCUT2D eigenvalue weighted by molar-refractivity contribution is 7.89. The lowest BCUT2D eigenvalue weighted by Gasteiger charge is -2.42. The summed E-state index contributed by atoms with van der Waals surface area (Å²) in [6.07, 6.45) is 1.17. The van der Waals surface area contributed by atoms with Crippen LogP contribution in [0.3, 0.4) is 0 Å². The fraction of sp³-hybridized carbons (Fsp3) is 0.484. The fourth-order valence-corrected chi connectivity index (χ4v) is 7.14. The van der Waals surface area contributed by atoms with E-state index in [1.54, 1.807) is 32.0 Å². The van der Waals surface area contributed by atoms with Crippen molar-refractivity contribution in [1.29, 1.82) is 0 Å². The monoisotopic (exact) mass is 627 g/mol. The normalized spacial score (nSPS) is 20.2. The lowest BCUT2D eigenvalue weighted by molar-refractivity contribution is -0.147. The smallest absolute Gasteiger partial charge is 0.407 e. The zero-order valence-electron chi connectivity index (χ0n) is 25.5. The molecule has 0 unspecified atom stereocenters. The van der Waals surface area contributed by atoms with Crippen molar-refractivity contribution in [3.05, 3.63) is 65.7 Å². The minimum atomic E-state index is -3.96. The topological polar surface area (TPSA) is 156 Å². The molecule has 0 saturated carbocycles. The zero-order chi connectivity index (χ0) is 32.2. The Bertz CT molecular complexity index is 1480. The molecule has 3 N–H and O–H groups in total. The summed E-state index contributed by atoms with van der Waals surface area (Å²) in [5, 5.41) is 15.0. The van der Waals surface area contributed by atoms with E-state index >= 15 is 0 Å². The number of hydrogen-bond donors (Lipinski definition) is 3. The third-order valence-corrected chi connectivity index (χ3v) is 10.4. The van der Waals surface area contributed by atoms with Crippen molar-refractivity contribution in [3.8, 4) is 0 Å². The number of benzene rings is 2. The predicted octanol–water partition coefficient (Wildman–Crippen LogP) is 2.22. The van der Waals surface area contributed by atoms with E-state index in [4.69, 9.17) is 0 Å². The van der Waals surface area contributed by atoms with Crippen LogP contribution in [0.15, 0.2) is 59.5 Å². The first-order valence-corrected chi connectivity index (χ1v) is 16.3. The first kappa shape index (κ1) is 32.9. The van der Waals surface area contributed by atoms with E-state index in [0.717, 1.165) is 28.9 Å². The van der Waals surface area contributed by atoms with Crippen LogP contribution in [0.2, 0.25) is 0 Å². The number of piperazine rings is 1. The molecule has 2 aromatic carbocycles. The van der Waals surface area contributed by atoms with Crippen LogP contribution in [-0.4, -0.2) is 96.3 Å². The van der Waals surface area contributed by atoms with Gasteiger partial charge in [-0.2, -0.15) is 4.31 Å². The molecule has 0 spiro atoms. The average Bonchev–Trinajstić information content (AvgIpc) is 3.02. The highest BCUT2D eigenvalue weighted by Gasteiger charge is 2.43. The molecule has 0 radical (unpaired) electrons. The second-order valence-corrected chi connectivity index (χ2v) is 13.6. The lowest BCUT2D eigenvalue weighted by Crippen LogP contribution is -2.65. The zero-order valence-corrected chi connectivity index (χ0v) is 26.3. The molecule has 12 nitrogen and oxygen atoms in total. The number of carbonyl (C=O) groups is 4. The van der Waals surface area contributed by atoms with Gasteiger partial charge in [-0.15, -0.1) is 0 Å². The molecule has 1 heterocycles. The molecule has 44 heavy (non-hydrogen) atoms. The third kappa shape index (κ3) is 7.05. The van der Waals surface area contributed by atoms with Gasteiger partial charge < -0.3 is 20.6 Å². The first-order chi connectivity index (χ1) is 20.8. The Morgan fingerprint density at radius 2 is 1.64 bits per heavy atom. The van der Waals surface area contributed by atoms with Gasteiger partial charge in [0.15, 0.2) is 0 Å². The van der Waals surface area contributed by atoms with Gasteiger partial charge in [0.1, 0.15) is 18.1 Å². The van der Waals surface area contributed by atoms with Gasteiger partial charge in [-0.05, 0) is 55.4 Å². The Hall–Kier alpha value is -3.97. The van der Waals surface area contributed by atoms with E-state index in [1.807, 2.05) is 24.3 Å². The van der Waals surface area contributed by atoms with E-state index in [1.165, 1.54) is 35.3 Å². The number of nitrogens with zero attached hydrogens (tertiary/aromatic N) is 3. The van der Waals surface area contributed by atoms with E-state index in [0.29, 0.717) is 6.42 Å². The molecule has 1 aliphatic carbocycles. The minimum absolute atomic E-state index is 0.0457. The third-order valence-electron chi connectivity index (χ3n) is 8.49. The standard InChI is InChI=1S/C31H41N5O7S/c1-20(2)27(33-28(37)21(3)34(4)31(40)41)30(39)36-18-17-35(44(42,43)23-13-6-5-7-14-23)19-26(36)29(38)32-25-16-10-12-22-11-8-9-15-24(22)25/h5-9,11,13-15,20-21,25-27H,10,12,16-19H2,1-4H3,(H,32,38)(H,33,37)(H,40,41)/t21-,25+,26-,27-/m0/s1. The molecule has 0 bridgehead atoms. The second-order valence-electron chi connectivity index (χ2n) is 11.7. The maximum Gasteiger partial charge on any atom is 0.407 e. The molecule has 4 rings (SSSR count). The molecule has 1 fully saturated rings. The minimum Gasteiger partial charge on any atom is -0.465 e. The molecule has 1 aliphatic heterocycles. The molecular weight excluding hydrogens is 586 g/mol. The summed E-state index contributed by atoms with van der Waals surface area (Å²) in [6, 6.07) is 12.2. The number of hydrogen-bond acceptors (Lipinski definition) is 6. The number of aryl methyl sites for hydroxylation is 1. The average molecular weight is 628 g/mol. The SMILES string of the molecule is CC(C)[C@H](NC(=O)[C@H](C)N(C)C(=O)O)C(=O)N1CCN(S(=O)(=O)c2ccccc2)C[C@H]1C(=O)N[C@@H]1CCCc2ccccc21. The highest BCUT2D eigenvalue weighted by Crippen LogP contribution is 2.30. The van der Waals surface area contributed by atoms with Crippen LogP contribution < -0.4 is 10.6 Å². The largest absolute Gasteiger partial charge is 0.465 e. The number of likely N-dealkylation sites (N-methyl/N-ethyl adjacent to an activating group) is 1. The summed E-state index contributed by atoms with van der Waals surface area (Å²) in [6.45, 7) is 4.50. The van der Waals surface area contributed by atoms with Crippen molar-refractivity contribution in [1.82, 2.24) is 24.7 Å². The fourth-order valence-electron chi connectivity index (χ4n) is 5.69. The number of rotatable bonds is 9. The van der Waals surface area contributed by atoms with Gasteiger partial charge in [0, 0.05) is 26.7 Å². The molecule has 2 aromatic rings. The maximum atomic E-state index is 14.1. The van der Waals surface area contributed by atoms with Crippen molar-refractivity contribution in [2.75, 3.05) is 26.7 Å². The van der Waals surface area contributed by atoms with Crippen molar-refractivity contribution < 1.29 is 32.7 Å². The van der Waals surface area contributed by atoms with Gasteiger partial charge in [-0.1, -0.05) is 56.3 Å². The Balaban J connectivity index is 1.62. The predicted molar refractivity (Wildman–Crippen MR) is 163 cm³/mol. The van der Waals surface area contributed by atoms with E-state index in [2.05, 4.69) is 10.6 Å². The van der Waals surface area contributed by atoms with Crippen LogP contribution in [0.4, 0.5) is 4.79 Å². The Morgan fingerprint density at radius 3 is 2.30 bits per heavy atom. The van der Waals surface area contributed by atoms with E-state index in [-0.39, 0.29) is 30.6 Å². The van der Waals surface area contributed by atoms with Crippen molar-refractivity contribution >= 4 is 33.8 Å². The highest BCUT2D eigenvalue weighted by atomic mass is 32.2. The second kappa shape index (κ2) is 13.8. The summed E-state index contributed by atoms with van der Waals surface area (Å²) < 4.78 is 28.3. The van der Waals surface area contributed by atoms with Crippen LogP contribution in [-0.2, 0) is 30.8 Å². The Morgan fingerprint density at radius 1 is 0.977 bits per heavy atom. The number of nitrogens with one attached hydrogen (secondary N) is 2. The van der Waals surface area contributed by atoms with Gasteiger partial charge >= 0.3 is 6.09 Å². The number of carboxylic acid groups (broad SMARTS) is 1. The van der Waals surface area contributed by atoms with Gasteiger partial charge in [0.05, 0.1) is 10.9 Å². The van der Waals surface area contributed by atoms with Gasteiger partial charge in [0.25, 0.3) is 0 Å². The molecule has 4 atom stereocenters. The van der Waals surface area contributed by atoms with Crippen LogP contribution in [0.5, 0.6) is 0 Å². The Kier molecular flexibility index (Phi) is 10.3. The molecule has 1 saturated heterocycles. The molecule has 2 aliphatic rings. The van der Waals surface area contributed by atoms with Crippen molar-refractivity contribution in [2.24, 2.45) is 5.92 Å². The molecule has 4 amide bonds. The van der Waals surface area contributed by atoms with Gasteiger partial charge in [0.2, 0.25) is 27.7 Å². The summed E-state index contributed by atoms with van der Waals surface area (Å²) in [4.78, 5) is 54.7. The van der Waals surface area contributed by atoms with Crippen molar-refractivity contribution in [2.45, 2.75) is 69.1 Å². The number of sulfonamides is 1. The molecule has 13 heteroatoms. The van der Waals surface area contributed by atoms with Gasteiger partial charge in [-0.25, -0.2) is 13.2 Å².